The van der Waals surface area contributed by atoms with Crippen molar-refractivity contribution in [1.29, 1.82) is 0 Å². The molecule has 0 unspecified atom stereocenters. The van der Waals surface area contributed by atoms with Crippen LogP contribution in [0, 0.1) is 0 Å². The van der Waals surface area contributed by atoms with Gasteiger partial charge >= 0.3 is 0 Å². The van der Waals surface area contributed by atoms with Crippen molar-refractivity contribution in [2.24, 2.45) is 0 Å². The van der Waals surface area contributed by atoms with Crippen molar-refractivity contribution in [3.63, 3.8) is 0 Å². The number of aromatic nitrogens is 2. The monoisotopic (exact) mass is 220 g/mol. The van der Waals surface area contributed by atoms with E-state index in [0.29, 0.717) is 6.04 Å². The van der Waals surface area contributed by atoms with E-state index in [1.807, 2.05) is 0 Å². The van der Waals surface area contributed by atoms with Crippen LogP contribution in [0.25, 0.3) is 0 Å². The van der Waals surface area contributed by atoms with Crippen LogP contribution in [0.5, 0.6) is 0 Å². The average molecular weight is 220 g/mol. The van der Waals surface area contributed by atoms with Crippen molar-refractivity contribution < 1.29 is 0 Å². The first-order chi connectivity index (χ1) is 7.57. The summed E-state index contributed by atoms with van der Waals surface area (Å²) in [7, 11) is 0. The van der Waals surface area contributed by atoms with Gasteiger partial charge < -0.3 is 0 Å². The number of rotatable bonds is 1. The molecule has 1 aromatic rings. The Kier molecular flexibility index (Phi) is 3.36. The van der Waals surface area contributed by atoms with Crippen LogP contribution in [0.3, 0.4) is 0 Å². The van der Waals surface area contributed by atoms with Crippen molar-refractivity contribution >= 4 is 0 Å². The fourth-order valence-electron chi connectivity index (χ4n) is 2.46. The standard InChI is InChI=1S/C14H24N2/c1-14(2,3)13-10-11-16(15-13)12-8-6-4-5-7-9-12/h10-12H,4-9H2,1-3H3. The van der Waals surface area contributed by atoms with Crippen LogP contribution in [0.4, 0.5) is 0 Å². The summed E-state index contributed by atoms with van der Waals surface area (Å²) in [6, 6.07) is 2.84. The van der Waals surface area contributed by atoms with Gasteiger partial charge in [-0.15, -0.1) is 0 Å². The molecule has 16 heavy (non-hydrogen) atoms. The van der Waals surface area contributed by atoms with Gasteiger partial charge in [0.2, 0.25) is 0 Å². The van der Waals surface area contributed by atoms with E-state index in [0.717, 1.165) is 0 Å². The van der Waals surface area contributed by atoms with E-state index in [9.17, 15) is 0 Å². The van der Waals surface area contributed by atoms with Crippen LogP contribution in [-0.2, 0) is 5.41 Å². The molecule has 0 aromatic carbocycles. The van der Waals surface area contributed by atoms with Crippen LogP contribution < -0.4 is 0 Å². The second kappa shape index (κ2) is 4.60. The first-order valence-corrected chi connectivity index (χ1v) is 6.63. The topological polar surface area (TPSA) is 17.8 Å². The van der Waals surface area contributed by atoms with Gasteiger partial charge in [0.25, 0.3) is 0 Å². The van der Waals surface area contributed by atoms with Gasteiger partial charge in [-0.3, -0.25) is 4.68 Å². The lowest BCUT2D eigenvalue weighted by molar-refractivity contribution is 0.396. The van der Waals surface area contributed by atoms with Crippen molar-refractivity contribution in [2.45, 2.75) is 70.8 Å². The highest BCUT2D eigenvalue weighted by Gasteiger charge is 2.20. The van der Waals surface area contributed by atoms with Crippen LogP contribution >= 0.6 is 0 Å². The minimum atomic E-state index is 0.177. The molecule has 0 saturated heterocycles. The van der Waals surface area contributed by atoms with Crippen molar-refractivity contribution in [1.82, 2.24) is 9.78 Å². The van der Waals surface area contributed by atoms with Crippen LogP contribution in [0.1, 0.15) is 71.0 Å². The summed E-state index contributed by atoms with van der Waals surface area (Å²) in [5.74, 6) is 0. The Hall–Kier alpha value is -0.790. The molecule has 0 aliphatic heterocycles. The Bertz CT molecular complexity index is 325. The average Bonchev–Trinajstić information content (AvgIpc) is 2.55. The van der Waals surface area contributed by atoms with Gasteiger partial charge in [0.05, 0.1) is 11.7 Å². The minimum absolute atomic E-state index is 0.177. The fourth-order valence-corrected chi connectivity index (χ4v) is 2.46. The molecule has 0 N–H and O–H groups in total. The molecule has 2 heteroatoms. The highest BCUT2D eigenvalue weighted by atomic mass is 15.3. The second-order valence-corrected chi connectivity index (χ2v) is 6.08. The molecule has 90 valence electrons. The van der Waals surface area contributed by atoms with Crippen molar-refractivity contribution in [3.05, 3.63) is 18.0 Å². The van der Waals surface area contributed by atoms with Crippen LogP contribution in [-0.4, -0.2) is 9.78 Å². The maximum atomic E-state index is 4.76. The van der Waals surface area contributed by atoms with E-state index < -0.39 is 0 Å². The molecule has 2 nitrogen and oxygen atoms in total. The zero-order valence-electron chi connectivity index (χ0n) is 10.9. The fraction of sp³-hybridized carbons (Fsp3) is 0.786. The van der Waals surface area contributed by atoms with E-state index >= 15 is 0 Å². The summed E-state index contributed by atoms with van der Waals surface area (Å²) in [5.41, 5.74) is 1.40. The van der Waals surface area contributed by atoms with Crippen molar-refractivity contribution in [3.8, 4) is 0 Å². The predicted molar refractivity (Wildman–Crippen MR) is 67.7 cm³/mol. The maximum absolute atomic E-state index is 4.76. The third kappa shape index (κ3) is 2.66. The van der Waals surface area contributed by atoms with Crippen LogP contribution in [0.15, 0.2) is 12.3 Å². The molecule has 1 fully saturated rings. The maximum Gasteiger partial charge on any atom is 0.0678 e. The van der Waals surface area contributed by atoms with Gasteiger partial charge in [0, 0.05) is 11.6 Å². The Morgan fingerprint density at radius 2 is 1.75 bits per heavy atom. The minimum Gasteiger partial charge on any atom is -0.269 e. The molecular weight excluding hydrogens is 196 g/mol. The molecule has 2 rings (SSSR count). The molecule has 0 spiro atoms. The van der Waals surface area contributed by atoms with E-state index in [4.69, 9.17) is 5.10 Å². The Labute approximate surface area is 99.0 Å². The Morgan fingerprint density at radius 3 is 2.25 bits per heavy atom. The second-order valence-electron chi connectivity index (χ2n) is 6.08. The summed E-state index contributed by atoms with van der Waals surface area (Å²) >= 11 is 0. The summed E-state index contributed by atoms with van der Waals surface area (Å²) in [4.78, 5) is 0. The van der Waals surface area contributed by atoms with Gasteiger partial charge in [-0.2, -0.15) is 5.10 Å². The molecule has 1 aliphatic rings. The zero-order chi connectivity index (χ0) is 11.6. The first kappa shape index (κ1) is 11.7. The zero-order valence-corrected chi connectivity index (χ0v) is 10.9. The van der Waals surface area contributed by atoms with Gasteiger partial charge in [0.1, 0.15) is 0 Å². The van der Waals surface area contributed by atoms with E-state index in [1.165, 1.54) is 44.2 Å². The molecule has 0 amide bonds. The lowest BCUT2D eigenvalue weighted by Crippen LogP contribution is -2.15. The number of hydrogen-bond acceptors (Lipinski definition) is 1. The van der Waals surface area contributed by atoms with Gasteiger partial charge in [-0.05, 0) is 18.9 Å². The number of hydrogen-bond donors (Lipinski definition) is 0. The molecule has 1 aromatic heterocycles. The van der Waals surface area contributed by atoms with Crippen molar-refractivity contribution in [2.75, 3.05) is 0 Å². The van der Waals surface area contributed by atoms with E-state index in [1.54, 1.807) is 0 Å². The molecule has 1 saturated carbocycles. The van der Waals surface area contributed by atoms with Gasteiger partial charge in [-0.1, -0.05) is 46.5 Å². The molecule has 0 atom stereocenters. The summed E-state index contributed by atoms with van der Waals surface area (Å²) in [6.45, 7) is 6.69. The highest BCUT2D eigenvalue weighted by molar-refractivity contribution is 5.10. The normalized spacial score (nSPS) is 19.7. The molecule has 0 radical (unpaired) electrons. The highest BCUT2D eigenvalue weighted by Crippen LogP contribution is 2.28. The molecule has 1 aliphatic carbocycles. The van der Waals surface area contributed by atoms with Gasteiger partial charge in [0.15, 0.2) is 0 Å². The van der Waals surface area contributed by atoms with Gasteiger partial charge in [-0.25, -0.2) is 0 Å². The summed E-state index contributed by atoms with van der Waals surface area (Å²) < 4.78 is 2.21. The lowest BCUT2D eigenvalue weighted by Gasteiger charge is -2.17. The molecular formula is C14H24N2. The third-order valence-electron chi connectivity index (χ3n) is 3.58. The lowest BCUT2D eigenvalue weighted by atomic mass is 9.93. The molecule has 0 bridgehead atoms. The quantitative estimate of drug-likeness (QED) is 0.652. The Morgan fingerprint density at radius 1 is 1.12 bits per heavy atom. The largest absolute Gasteiger partial charge is 0.269 e. The SMILES string of the molecule is CC(C)(C)c1ccn(C2CCCCCC2)n1. The summed E-state index contributed by atoms with van der Waals surface area (Å²) in [6.07, 6.45) is 10.4. The Balaban J connectivity index is 2.11. The predicted octanol–water partition coefficient (Wildman–Crippen LogP) is 4.08. The van der Waals surface area contributed by atoms with E-state index in [-0.39, 0.29) is 5.41 Å². The smallest absolute Gasteiger partial charge is 0.0678 e. The van der Waals surface area contributed by atoms with E-state index in [2.05, 4.69) is 37.7 Å². The number of nitrogens with zero attached hydrogens (tertiary/aromatic N) is 2. The third-order valence-corrected chi connectivity index (χ3v) is 3.58. The van der Waals surface area contributed by atoms with Crippen LogP contribution in [0.2, 0.25) is 0 Å². The first-order valence-electron chi connectivity index (χ1n) is 6.63. The summed E-state index contributed by atoms with van der Waals surface area (Å²) in [5, 5.41) is 4.76. The molecule has 1 heterocycles.